The molecule has 2 aromatic carbocycles. The first-order valence-electron chi connectivity index (χ1n) is 20.8. The van der Waals surface area contributed by atoms with E-state index in [1.165, 1.54) is 12.1 Å². The van der Waals surface area contributed by atoms with Crippen LogP contribution in [0.2, 0.25) is 0 Å². The van der Waals surface area contributed by atoms with Crippen molar-refractivity contribution in [1.29, 1.82) is 0 Å². The highest BCUT2D eigenvalue weighted by Gasteiger charge is 2.65. The second-order valence-corrected chi connectivity index (χ2v) is 15.7. The zero-order chi connectivity index (χ0) is 41.8. The van der Waals surface area contributed by atoms with E-state index in [0.29, 0.717) is 42.2 Å². The Bertz CT molecular complexity index is 1930. The molecule has 0 bridgehead atoms. The molecule has 0 spiro atoms. The van der Waals surface area contributed by atoms with Crippen LogP contribution in [0.25, 0.3) is 0 Å². The number of fused-ring (bicyclic) bond motifs is 2. The number of carbonyl (C=O) groups excluding carboxylic acids is 1. The van der Waals surface area contributed by atoms with Gasteiger partial charge in [-0.05, 0) is 105 Å². The summed E-state index contributed by atoms with van der Waals surface area (Å²) in [5.41, 5.74) is 4.87. The smallest absolute Gasteiger partial charge is 0.410 e. The maximum absolute atomic E-state index is 14.4. The summed E-state index contributed by atoms with van der Waals surface area (Å²) in [5, 5.41) is 24.5. The number of aliphatic hydroxyl groups is 2. The van der Waals surface area contributed by atoms with Crippen LogP contribution >= 0.6 is 11.6 Å². The second kappa shape index (κ2) is 21.2. The van der Waals surface area contributed by atoms with Gasteiger partial charge in [0.05, 0.1) is 29.8 Å². The van der Waals surface area contributed by atoms with E-state index in [2.05, 4.69) is 17.6 Å². The molecule has 13 heteroatoms. The first-order valence-corrected chi connectivity index (χ1v) is 21.3. The van der Waals surface area contributed by atoms with Gasteiger partial charge in [0.25, 0.3) is 0 Å². The lowest BCUT2D eigenvalue weighted by molar-refractivity contribution is -0.256. The van der Waals surface area contributed by atoms with Crippen LogP contribution < -0.4 is 9.47 Å². The van der Waals surface area contributed by atoms with Crippen LogP contribution in [-0.2, 0) is 27.5 Å². The van der Waals surface area contributed by atoms with E-state index in [1.54, 1.807) is 23.1 Å². The van der Waals surface area contributed by atoms with Crippen molar-refractivity contribution in [2.24, 2.45) is 22.9 Å². The van der Waals surface area contributed by atoms with E-state index >= 15 is 0 Å². The summed E-state index contributed by atoms with van der Waals surface area (Å²) in [5.74, 6) is -1.25. The van der Waals surface area contributed by atoms with Crippen molar-refractivity contribution in [2.75, 3.05) is 38.9 Å². The highest BCUT2D eigenvalue weighted by molar-refractivity contribution is 6.18. The number of aryl methyl sites for hydroxylation is 1. The third-order valence-corrected chi connectivity index (χ3v) is 11.6. The fraction of sp³-hybridized carbons (Fsp3) is 0.500. The lowest BCUT2D eigenvalue weighted by atomic mass is 9.55. The number of halogens is 2. The lowest BCUT2D eigenvalue weighted by Crippen LogP contribution is -2.70. The van der Waals surface area contributed by atoms with Crippen LogP contribution in [0.4, 0.5) is 9.18 Å². The molecule has 2 aliphatic carbocycles. The number of hydrogen-bond donors (Lipinski definition) is 2. The third kappa shape index (κ3) is 10.3. The van der Waals surface area contributed by atoms with Crippen LogP contribution in [0, 0.1) is 30.5 Å². The van der Waals surface area contributed by atoms with E-state index < -0.39 is 29.7 Å². The molecule has 318 valence electrons. The molecule has 1 saturated carbocycles. The Kier molecular flexibility index (Phi) is 15.8. The monoisotopic (exact) mass is 833 g/mol. The summed E-state index contributed by atoms with van der Waals surface area (Å²) in [7, 11) is 0. The SMILES string of the molecule is C=CCOC12Oc3ccc(OCc4cccc(C)n4)cc3C3C(CCCCO)C(CCCCO)C=C(C(=NOCC)CC1N(Cc1ccc(F)cc1)C(=O)OCCCl)C32. The van der Waals surface area contributed by atoms with Crippen LogP contribution in [0.3, 0.4) is 0 Å². The van der Waals surface area contributed by atoms with E-state index in [1.807, 2.05) is 50.2 Å². The maximum Gasteiger partial charge on any atom is 0.410 e. The zero-order valence-corrected chi connectivity index (χ0v) is 34.8. The van der Waals surface area contributed by atoms with Gasteiger partial charge in [0, 0.05) is 43.4 Å². The molecule has 2 heterocycles. The van der Waals surface area contributed by atoms with Gasteiger partial charge in [-0.25, -0.2) is 9.18 Å². The molecule has 1 amide bonds. The zero-order valence-electron chi connectivity index (χ0n) is 34.1. The molecule has 3 aromatic rings. The van der Waals surface area contributed by atoms with Crippen LogP contribution in [0.15, 0.2) is 90.1 Å². The van der Waals surface area contributed by atoms with Crippen molar-refractivity contribution < 1.29 is 43.2 Å². The van der Waals surface area contributed by atoms with Crippen LogP contribution in [0.5, 0.6) is 11.5 Å². The van der Waals surface area contributed by atoms with Crippen molar-refractivity contribution in [3.63, 3.8) is 0 Å². The molecule has 3 aliphatic rings. The van der Waals surface area contributed by atoms with Crippen molar-refractivity contribution in [2.45, 2.75) is 89.7 Å². The van der Waals surface area contributed by atoms with Gasteiger partial charge in [0.15, 0.2) is 0 Å². The van der Waals surface area contributed by atoms with Gasteiger partial charge < -0.3 is 34.0 Å². The molecule has 2 N–H and O–H groups in total. The van der Waals surface area contributed by atoms with Gasteiger partial charge >= 0.3 is 6.09 Å². The number of hydrogen-bond acceptors (Lipinski definition) is 10. The number of pyridine rings is 1. The number of carbonyl (C=O) groups is 1. The molecule has 59 heavy (non-hydrogen) atoms. The minimum Gasteiger partial charge on any atom is -0.487 e. The summed E-state index contributed by atoms with van der Waals surface area (Å²) in [6, 6.07) is 16.8. The van der Waals surface area contributed by atoms with E-state index in [-0.39, 0.29) is 69.6 Å². The normalized spacial score (nSPS) is 23.7. The highest BCUT2D eigenvalue weighted by Crippen LogP contribution is 2.62. The number of nitrogens with zero attached hydrogens (tertiary/aromatic N) is 3. The van der Waals surface area contributed by atoms with Crippen molar-refractivity contribution in [3.8, 4) is 11.5 Å². The maximum atomic E-state index is 14.4. The molecule has 6 rings (SSSR count). The van der Waals surface area contributed by atoms with Crippen LogP contribution in [0.1, 0.15) is 80.3 Å². The lowest BCUT2D eigenvalue weighted by Gasteiger charge is -2.59. The van der Waals surface area contributed by atoms with Gasteiger partial charge in [0.2, 0.25) is 5.79 Å². The summed E-state index contributed by atoms with van der Waals surface area (Å²) < 4.78 is 40.6. The number of alkyl halides is 1. The summed E-state index contributed by atoms with van der Waals surface area (Å²) >= 11 is 6.04. The average Bonchev–Trinajstić information content (AvgIpc) is 3.24. The highest BCUT2D eigenvalue weighted by atomic mass is 35.5. The Balaban J connectivity index is 1.57. The van der Waals surface area contributed by atoms with Crippen molar-refractivity contribution in [1.82, 2.24) is 9.88 Å². The molecule has 0 saturated heterocycles. The predicted molar refractivity (Wildman–Crippen MR) is 224 cm³/mol. The number of aliphatic hydroxyl groups excluding tert-OH is 2. The van der Waals surface area contributed by atoms with E-state index in [9.17, 15) is 19.4 Å². The Hall–Kier alpha value is -4.49. The molecule has 6 unspecified atom stereocenters. The minimum absolute atomic E-state index is 0.0258. The number of allylic oxidation sites excluding steroid dienone is 1. The van der Waals surface area contributed by atoms with Gasteiger partial charge in [-0.2, -0.15) is 0 Å². The standard InChI is InChI=1S/C46H57ClFN3O8/c1-4-24-57-46-42(51(45(54)55-25-21-47)29-32-15-17-34(48)18-16-32)28-40(50-58-5-2)38-26-33(12-6-8-22-52)37(14-7-9-23-53)43(44(38)46)39-27-36(19-20-41(39)59-46)56-30-35-13-10-11-31(3)49-35/h4,10-11,13,15-20,26-27,33,37,42-44,52-53H,1,5-9,12,14,21-25,28-30H2,2-3H3. The van der Waals surface area contributed by atoms with Crippen LogP contribution in [-0.4, -0.2) is 82.6 Å². The first kappa shape index (κ1) is 44.1. The first-order chi connectivity index (χ1) is 28.8. The molecule has 11 nitrogen and oxygen atoms in total. The molecule has 0 radical (unpaired) electrons. The van der Waals surface area contributed by atoms with E-state index in [4.69, 9.17) is 40.5 Å². The van der Waals surface area contributed by atoms with Gasteiger partial charge in [-0.1, -0.05) is 48.3 Å². The molecule has 6 atom stereocenters. The quantitative estimate of drug-likeness (QED) is 0.0469. The predicted octanol–water partition coefficient (Wildman–Crippen LogP) is 8.64. The summed E-state index contributed by atoms with van der Waals surface area (Å²) in [4.78, 5) is 26.4. The number of unbranched alkanes of at least 4 members (excludes halogenated alkanes) is 2. The third-order valence-electron chi connectivity index (χ3n) is 11.5. The van der Waals surface area contributed by atoms with Gasteiger partial charge in [-0.15, -0.1) is 18.2 Å². The number of benzene rings is 2. The number of oxime groups is 1. The molecular weight excluding hydrogens is 777 g/mol. The Morgan fingerprint density at radius 3 is 2.59 bits per heavy atom. The fourth-order valence-corrected chi connectivity index (χ4v) is 9.09. The fourth-order valence-electron chi connectivity index (χ4n) is 9.02. The number of ether oxygens (including phenoxy) is 4. The summed E-state index contributed by atoms with van der Waals surface area (Å²) in [6.07, 6.45) is 7.99. The number of rotatable bonds is 21. The van der Waals surface area contributed by atoms with Crippen molar-refractivity contribution >= 4 is 23.4 Å². The Labute approximate surface area is 351 Å². The molecular formula is C46H57ClFN3O8. The molecule has 1 aliphatic heterocycles. The second-order valence-electron chi connectivity index (χ2n) is 15.3. The van der Waals surface area contributed by atoms with Gasteiger partial charge in [-0.3, -0.25) is 9.88 Å². The minimum atomic E-state index is -1.50. The summed E-state index contributed by atoms with van der Waals surface area (Å²) in [6.45, 7) is 8.68. The Morgan fingerprint density at radius 2 is 1.88 bits per heavy atom. The van der Waals surface area contributed by atoms with Crippen molar-refractivity contribution in [3.05, 3.63) is 113 Å². The molecule has 1 fully saturated rings. The molecule has 1 aromatic heterocycles. The topological polar surface area (TPSA) is 132 Å². The van der Waals surface area contributed by atoms with E-state index in [0.717, 1.165) is 48.2 Å². The number of amides is 1. The number of aromatic nitrogens is 1. The largest absolute Gasteiger partial charge is 0.487 e. The average molecular weight is 834 g/mol. The van der Waals surface area contributed by atoms with Gasteiger partial charge in [0.1, 0.15) is 43.2 Å². The Morgan fingerprint density at radius 1 is 1.10 bits per heavy atom.